The second-order valence-electron chi connectivity index (χ2n) is 4.81. The van der Waals surface area contributed by atoms with E-state index in [2.05, 4.69) is 26.8 Å². The third kappa shape index (κ3) is 3.95. The molecule has 1 rings (SSSR count). The van der Waals surface area contributed by atoms with E-state index in [1.54, 1.807) is 0 Å². The van der Waals surface area contributed by atoms with Gasteiger partial charge in [0.15, 0.2) is 0 Å². The number of ether oxygens (including phenoxy) is 1. The van der Waals surface area contributed by atoms with Crippen LogP contribution in [-0.4, -0.2) is 18.3 Å². The van der Waals surface area contributed by atoms with Crippen molar-refractivity contribution >= 4 is 0 Å². The molecule has 0 amide bonds. The Labute approximate surface area is 98.3 Å². The Morgan fingerprint density at radius 3 is 2.44 bits per heavy atom. The second kappa shape index (κ2) is 6.02. The second-order valence-corrected chi connectivity index (χ2v) is 4.81. The van der Waals surface area contributed by atoms with Crippen LogP contribution >= 0.6 is 0 Å². The molecule has 0 saturated heterocycles. The fourth-order valence-corrected chi connectivity index (χ4v) is 1.70. The van der Waals surface area contributed by atoms with Crippen LogP contribution in [0.4, 0.5) is 0 Å². The summed E-state index contributed by atoms with van der Waals surface area (Å²) in [7, 11) is 0. The maximum absolute atomic E-state index is 9.98. The van der Waals surface area contributed by atoms with Crippen LogP contribution < -0.4 is 0 Å². The molecule has 2 heteroatoms. The van der Waals surface area contributed by atoms with Crippen LogP contribution in [0.3, 0.4) is 0 Å². The van der Waals surface area contributed by atoms with Gasteiger partial charge in [0.05, 0.1) is 6.61 Å². The van der Waals surface area contributed by atoms with Crippen molar-refractivity contribution in [3.05, 3.63) is 34.9 Å². The zero-order valence-corrected chi connectivity index (χ0v) is 10.7. The highest BCUT2D eigenvalue weighted by Gasteiger charge is 2.10. The lowest BCUT2D eigenvalue weighted by molar-refractivity contribution is 0.0247. The van der Waals surface area contributed by atoms with E-state index in [-0.39, 0.29) is 0 Å². The Balaban J connectivity index is 2.55. The van der Waals surface area contributed by atoms with E-state index >= 15 is 0 Å². The molecule has 0 aliphatic rings. The predicted octanol–water partition coefficient (Wildman–Crippen LogP) is 3.01. The summed E-state index contributed by atoms with van der Waals surface area (Å²) in [6.07, 6.45) is -0.514. The number of aryl methyl sites for hydroxylation is 2. The van der Waals surface area contributed by atoms with E-state index in [9.17, 15) is 5.11 Å². The quantitative estimate of drug-likeness (QED) is 0.830. The van der Waals surface area contributed by atoms with Crippen molar-refractivity contribution in [3.8, 4) is 0 Å². The Morgan fingerprint density at radius 1 is 1.19 bits per heavy atom. The van der Waals surface area contributed by atoms with Crippen LogP contribution in [0.1, 0.15) is 36.6 Å². The smallest absolute Gasteiger partial charge is 0.103 e. The summed E-state index contributed by atoms with van der Waals surface area (Å²) in [6, 6.07) is 6.09. The third-order valence-electron chi connectivity index (χ3n) is 2.51. The number of hydrogen-bond acceptors (Lipinski definition) is 2. The van der Waals surface area contributed by atoms with Crippen molar-refractivity contribution in [2.45, 2.75) is 33.8 Å². The SMILES string of the molecule is Cc1ccc(C(O)COCC(C)C)c(C)c1. The molecule has 0 aliphatic carbocycles. The number of benzene rings is 1. The first-order valence-corrected chi connectivity index (χ1v) is 5.83. The maximum Gasteiger partial charge on any atom is 0.103 e. The van der Waals surface area contributed by atoms with Crippen LogP contribution in [0, 0.1) is 19.8 Å². The van der Waals surface area contributed by atoms with Gasteiger partial charge >= 0.3 is 0 Å². The fraction of sp³-hybridized carbons (Fsp3) is 0.571. The molecule has 0 bridgehead atoms. The van der Waals surface area contributed by atoms with Crippen LogP contribution in [-0.2, 0) is 4.74 Å². The molecule has 90 valence electrons. The van der Waals surface area contributed by atoms with Gasteiger partial charge in [-0.25, -0.2) is 0 Å². The molecule has 1 aromatic rings. The van der Waals surface area contributed by atoms with Gasteiger partial charge in [-0.15, -0.1) is 0 Å². The van der Waals surface area contributed by atoms with Gasteiger partial charge in [-0.3, -0.25) is 0 Å². The van der Waals surface area contributed by atoms with Gasteiger partial charge in [0.25, 0.3) is 0 Å². The Morgan fingerprint density at radius 2 is 1.88 bits per heavy atom. The van der Waals surface area contributed by atoms with Crippen molar-refractivity contribution < 1.29 is 9.84 Å². The molecule has 1 N–H and O–H groups in total. The third-order valence-corrected chi connectivity index (χ3v) is 2.51. The van der Waals surface area contributed by atoms with E-state index in [0.29, 0.717) is 19.1 Å². The number of aliphatic hydroxyl groups excluding tert-OH is 1. The zero-order chi connectivity index (χ0) is 12.1. The average Bonchev–Trinajstić information content (AvgIpc) is 2.16. The first-order chi connectivity index (χ1) is 7.50. The summed E-state index contributed by atoms with van der Waals surface area (Å²) in [4.78, 5) is 0. The van der Waals surface area contributed by atoms with Crippen LogP contribution in [0.2, 0.25) is 0 Å². The van der Waals surface area contributed by atoms with Gasteiger partial charge in [-0.2, -0.15) is 0 Å². The summed E-state index contributed by atoms with van der Waals surface area (Å²) in [5.41, 5.74) is 3.31. The normalized spacial score (nSPS) is 13.1. The summed E-state index contributed by atoms with van der Waals surface area (Å²) in [5, 5.41) is 9.98. The van der Waals surface area contributed by atoms with Gasteiger partial charge in [0, 0.05) is 6.61 Å². The highest BCUT2D eigenvalue weighted by Crippen LogP contribution is 2.19. The largest absolute Gasteiger partial charge is 0.386 e. The van der Waals surface area contributed by atoms with Gasteiger partial charge in [-0.1, -0.05) is 37.6 Å². The fourth-order valence-electron chi connectivity index (χ4n) is 1.70. The standard InChI is InChI=1S/C14H22O2/c1-10(2)8-16-9-14(15)13-6-5-11(3)7-12(13)4/h5-7,10,14-15H,8-9H2,1-4H3. The Bertz CT molecular complexity index is 332. The van der Waals surface area contributed by atoms with Crippen molar-refractivity contribution in [1.82, 2.24) is 0 Å². The number of hydrogen-bond donors (Lipinski definition) is 1. The van der Waals surface area contributed by atoms with Crippen LogP contribution in [0.15, 0.2) is 18.2 Å². The maximum atomic E-state index is 9.98. The van der Waals surface area contributed by atoms with Crippen molar-refractivity contribution in [1.29, 1.82) is 0 Å². The number of aliphatic hydroxyl groups is 1. The van der Waals surface area contributed by atoms with E-state index in [4.69, 9.17) is 4.74 Å². The minimum Gasteiger partial charge on any atom is -0.386 e. The first kappa shape index (κ1) is 13.2. The van der Waals surface area contributed by atoms with Crippen molar-refractivity contribution in [2.75, 3.05) is 13.2 Å². The molecular weight excluding hydrogens is 200 g/mol. The molecule has 0 spiro atoms. The lowest BCUT2D eigenvalue weighted by atomic mass is 10.0. The first-order valence-electron chi connectivity index (χ1n) is 5.83. The van der Waals surface area contributed by atoms with Crippen molar-refractivity contribution in [3.63, 3.8) is 0 Å². The lowest BCUT2D eigenvalue weighted by Crippen LogP contribution is -2.11. The molecule has 0 aromatic heterocycles. The van der Waals surface area contributed by atoms with E-state index in [1.807, 2.05) is 19.1 Å². The van der Waals surface area contributed by atoms with Gasteiger partial charge in [0.2, 0.25) is 0 Å². The molecule has 0 aliphatic heterocycles. The predicted molar refractivity (Wildman–Crippen MR) is 66.5 cm³/mol. The molecule has 0 fully saturated rings. The molecule has 0 heterocycles. The minimum absolute atomic E-state index is 0.377. The molecule has 1 unspecified atom stereocenters. The average molecular weight is 222 g/mol. The Kier molecular flexibility index (Phi) is 4.97. The van der Waals surface area contributed by atoms with Crippen molar-refractivity contribution in [2.24, 2.45) is 5.92 Å². The molecule has 1 atom stereocenters. The summed E-state index contributed by atoms with van der Waals surface area (Å²) < 4.78 is 5.45. The van der Waals surface area contributed by atoms with Crippen LogP contribution in [0.25, 0.3) is 0 Å². The minimum atomic E-state index is -0.514. The van der Waals surface area contributed by atoms with Gasteiger partial charge in [-0.05, 0) is 30.9 Å². The summed E-state index contributed by atoms with van der Waals surface area (Å²) >= 11 is 0. The van der Waals surface area contributed by atoms with E-state index < -0.39 is 6.10 Å². The highest BCUT2D eigenvalue weighted by atomic mass is 16.5. The molecule has 16 heavy (non-hydrogen) atoms. The monoisotopic (exact) mass is 222 g/mol. The zero-order valence-electron chi connectivity index (χ0n) is 10.7. The summed E-state index contributed by atoms with van der Waals surface area (Å²) in [6.45, 7) is 9.35. The van der Waals surface area contributed by atoms with Gasteiger partial charge in [0.1, 0.15) is 6.10 Å². The van der Waals surface area contributed by atoms with E-state index in [0.717, 1.165) is 11.1 Å². The van der Waals surface area contributed by atoms with Gasteiger partial charge < -0.3 is 9.84 Å². The highest BCUT2D eigenvalue weighted by molar-refractivity contribution is 5.31. The molecule has 2 nitrogen and oxygen atoms in total. The lowest BCUT2D eigenvalue weighted by Gasteiger charge is -2.15. The topological polar surface area (TPSA) is 29.5 Å². The molecule has 1 aromatic carbocycles. The Hall–Kier alpha value is -0.860. The molecule has 0 radical (unpaired) electrons. The van der Waals surface area contributed by atoms with Crippen LogP contribution in [0.5, 0.6) is 0 Å². The number of rotatable bonds is 5. The van der Waals surface area contributed by atoms with E-state index in [1.165, 1.54) is 5.56 Å². The molecule has 0 saturated carbocycles. The summed E-state index contributed by atoms with van der Waals surface area (Å²) in [5.74, 6) is 0.506. The molecular formula is C14H22O2.